The molecule has 1 aliphatic carbocycles. The summed E-state index contributed by atoms with van der Waals surface area (Å²) in [6.07, 6.45) is 2.44. The Morgan fingerprint density at radius 2 is 2.13 bits per heavy atom. The summed E-state index contributed by atoms with van der Waals surface area (Å²) in [7, 11) is 0. The van der Waals surface area contributed by atoms with E-state index in [9.17, 15) is 0 Å². The lowest BCUT2D eigenvalue weighted by atomic mass is 10.3. The molecule has 0 radical (unpaired) electrons. The minimum atomic E-state index is 0.564. The number of hydrogen-bond acceptors (Lipinski definition) is 5. The molecule has 5 nitrogen and oxygen atoms in total. The van der Waals surface area contributed by atoms with Gasteiger partial charge < -0.3 is 9.84 Å². The molecule has 2 fully saturated rings. The van der Waals surface area contributed by atoms with Gasteiger partial charge in [-0.1, -0.05) is 5.16 Å². The van der Waals surface area contributed by atoms with Gasteiger partial charge in [0, 0.05) is 32.1 Å². The fraction of sp³-hybridized carbons (Fsp3) is 0.800. The lowest BCUT2D eigenvalue weighted by molar-refractivity contribution is 0.224. The Morgan fingerprint density at radius 3 is 2.87 bits per heavy atom. The van der Waals surface area contributed by atoms with Crippen LogP contribution in [0.3, 0.4) is 0 Å². The van der Waals surface area contributed by atoms with Crippen LogP contribution in [0.5, 0.6) is 0 Å². The van der Waals surface area contributed by atoms with Gasteiger partial charge in [0.05, 0.1) is 6.54 Å². The monoisotopic (exact) mass is 208 g/mol. The van der Waals surface area contributed by atoms with Crippen molar-refractivity contribution in [2.24, 2.45) is 0 Å². The zero-order valence-corrected chi connectivity index (χ0v) is 8.78. The number of piperazine rings is 1. The maximum atomic E-state index is 5.23. The maximum absolute atomic E-state index is 5.23. The minimum absolute atomic E-state index is 0.564. The summed E-state index contributed by atoms with van der Waals surface area (Å²) in [6, 6.07) is 0. The molecule has 82 valence electrons. The predicted molar refractivity (Wildman–Crippen MR) is 54.4 cm³/mol. The van der Waals surface area contributed by atoms with Crippen LogP contribution >= 0.6 is 0 Å². The van der Waals surface area contributed by atoms with E-state index in [2.05, 4.69) is 20.4 Å². The van der Waals surface area contributed by atoms with Crippen molar-refractivity contribution in [3.63, 3.8) is 0 Å². The average molecular weight is 208 g/mol. The largest absolute Gasteiger partial charge is 0.339 e. The van der Waals surface area contributed by atoms with E-state index in [0.717, 1.165) is 44.4 Å². The highest BCUT2D eigenvalue weighted by Gasteiger charge is 2.29. The lowest BCUT2D eigenvalue weighted by Gasteiger charge is -2.25. The van der Waals surface area contributed by atoms with E-state index in [-0.39, 0.29) is 0 Å². The van der Waals surface area contributed by atoms with Crippen LogP contribution in [0, 0.1) is 0 Å². The summed E-state index contributed by atoms with van der Waals surface area (Å²) < 4.78 is 5.23. The summed E-state index contributed by atoms with van der Waals surface area (Å²) in [6.45, 7) is 5.11. The Bertz CT molecular complexity index is 328. The molecule has 1 aliphatic heterocycles. The average Bonchev–Trinajstić information content (AvgIpc) is 3.02. The van der Waals surface area contributed by atoms with Crippen LogP contribution in [0.2, 0.25) is 0 Å². The Kier molecular flexibility index (Phi) is 2.42. The van der Waals surface area contributed by atoms with Gasteiger partial charge in [-0.2, -0.15) is 4.98 Å². The van der Waals surface area contributed by atoms with Gasteiger partial charge in [0.1, 0.15) is 0 Å². The van der Waals surface area contributed by atoms with Gasteiger partial charge in [0.15, 0.2) is 5.82 Å². The highest BCUT2D eigenvalue weighted by atomic mass is 16.5. The highest BCUT2D eigenvalue weighted by Crippen LogP contribution is 2.38. The van der Waals surface area contributed by atoms with Crippen LogP contribution in [0.15, 0.2) is 4.52 Å². The molecule has 1 aromatic rings. The van der Waals surface area contributed by atoms with E-state index >= 15 is 0 Å². The third-order valence-corrected chi connectivity index (χ3v) is 2.99. The molecule has 2 heterocycles. The number of rotatable bonds is 3. The zero-order valence-electron chi connectivity index (χ0n) is 8.78. The molecular weight excluding hydrogens is 192 g/mol. The van der Waals surface area contributed by atoms with E-state index < -0.39 is 0 Å². The van der Waals surface area contributed by atoms with Gasteiger partial charge in [-0.3, -0.25) is 4.90 Å². The van der Waals surface area contributed by atoms with E-state index in [1.54, 1.807) is 0 Å². The normalized spacial score (nSPS) is 23.2. The second-order valence-corrected chi connectivity index (χ2v) is 4.35. The third-order valence-electron chi connectivity index (χ3n) is 2.99. The Hall–Kier alpha value is -0.940. The lowest BCUT2D eigenvalue weighted by Crippen LogP contribution is -2.43. The highest BCUT2D eigenvalue weighted by molar-refractivity contribution is 5.01. The second kappa shape index (κ2) is 3.90. The molecule has 15 heavy (non-hydrogen) atoms. The fourth-order valence-corrected chi connectivity index (χ4v) is 1.90. The van der Waals surface area contributed by atoms with Crippen molar-refractivity contribution in [1.82, 2.24) is 20.4 Å². The second-order valence-electron chi connectivity index (χ2n) is 4.35. The number of hydrogen-bond donors (Lipinski definition) is 1. The molecule has 0 amide bonds. The molecule has 3 rings (SSSR count). The fourth-order valence-electron chi connectivity index (χ4n) is 1.90. The number of nitrogens with zero attached hydrogens (tertiary/aromatic N) is 3. The zero-order chi connectivity index (χ0) is 10.1. The third kappa shape index (κ3) is 2.18. The summed E-state index contributed by atoms with van der Waals surface area (Å²) >= 11 is 0. The molecule has 1 N–H and O–H groups in total. The van der Waals surface area contributed by atoms with Crippen LogP contribution in [0.4, 0.5) is 0 Å². The van der Waals surface area contributed by atoms with Crippen molar-refractivity contribution in [3.8, 4) is 0 Å². The Labute approximate surface area is 88.8 Å². The Morgan fingerprint density at radius 1 is 1.33 bits per heavy atom. The van der Waals surface area contributed by atoms with Gasteiger partial charge in [-0.15, -0.1) is 0 Å². The van der Waals surface area contributed by atoms with Crippen molar-refractivity contribution in [2.75, 3.05) is 26.2 Å². The molecule has 1 saturated carbocycles. The summed E-state index contributed by atoms with van der Waals surface area (Å²) in [5.41, 5.74) is 0. The van der Waals surface area contributed by atoms with Gasteiger partial charge in [-0.05, 0) is 12.8 Å². The molecule has 0 spiro atoms. The van der Waals surface area contributed by atoms with E-state index in [1.165, 1.54) is 12.8 Å². The Balaban J connectivity index is 1.60. The van der Waals surface area contributed by atoms with Crippen molar-refractivity contribution in [1.29, 1.82) is 0 Å². The molecule has 1 aromatic heterocycles. The molecule has 0 unspecified atom stereocenters. The van der Waals surface area contributed by atoms with Crippen LogP contribution < -0.4 is 5.32 Å². The van der Waals surface area contributed by atoms with Crippen LogP contribution in [0.25, 0.3) is 0 Å². The SMILES string of the molecule is C1CN(Cc2noc(C3CC3)n2)CCN1. The molecule has 0 atom stereocenters. The first kappa shape index (κ1) is 9.30. The van der Waals surface area contributed by atoms with Crippen molar-refractivity contribution in [3.05, 3.63) is 11.7 Å². The summed E-state index contributed by atoms with van der Waals surface area (Å²) in [4.78, 5) is 6.79. The van der Waals surface area contributed by atoms with E-state index in [0.29, 0.717) is 5.92 Å². The van der Waals surface area contributed by atoms with E-state index in [1.807, 2.05) is 0 Å². The topological polar surface area (TPSA) is 54.2 Å². The molecule has 2 aliphatic rings. The molecule has 0 bridgehead atoms. The van der Waals surface area contributed by atoms with Gasteiger partial charge >= 0.3 is 0 Å². The predicted octanol–water partition coefficient (Wildman–Crippen LogP) is 0.352. The molecule has 1 saturated heterocycles. The smallest absolute Gasteiger partial charge is 0.229 e. The first-order chi connectivity index (χ1) is 7.42. The van der Waals surface area contributed by atoms with E-state index in [4.69, 9.17) is 4.52 Å². The van der Waals surface area contributed by atoms with Crippen molar-refractivity contribution < 1.29 is 4.52 Å². The molecular formula is C10H16N4O. The van der Waals surface area contributed by atoms with Crippen molar-refractivity contribution >= 4 is 0 Å². The van der Waals surface area contributed by atoms with Gasteiger partial charge in [-0.25, -0.2) is 0 Å². The standard InChI is InChI=1S/C10H16N4O/c1-2-8(1)10-12-9(13-15-10)7-14-5-3-11-4-6-14/h8,11H,1-7H2. The van der Waals surface area contributed by atoms with Gasteiger partial charge in [0.2, 0.25) is 5.89 Å². The first-order valence-corrected chi connectivity index (χ1v) is 5.67. The number of nitrogens with one attached hydrogen (secondary N) is 1. The molecule has 5 heteroatoms. The van der Waals surface area contributed by atoms with Crippen LogP contribution in [-0.2, 0) is 6.54 Å². The van der Waals surface area contributed by atoms with Crippen molar-refractivity contribution in [2.45, 2.75) is 25.3 Å². The first-order valence-electron chi connectivity index (χ1n) is 5.67. The number of aromatic nitrogens is 2. The van der Waals surface area contributed by atoms with Crippen LogP contribution in [-0.4, -0.2) is 41.2 Å². The maximum Gasteiger partial charge on any atom is 0.229 e. The van der Waals surface area contributed by atoms with Gasteiger partial charge in [0.25, 0.3) is 0 Å². The summed E-state index contributed by atoms with van der Waals surface area (Å²) in [5.74, 6) is 2.26. The minimum Gasteiger partial charge on any atom is -0.339 e. The molecule has 0 aromatic carbocycles. The quantitative estimate of drug-likeness (QED) is 0.777. The summed E-state index contributed by atoms with van der Waals surface area (Å²) in [5, 5.41) is 7.35. The van der Waals surface area contributed by atoms with Crippen LogP contribution in [0.1, 0.15) is 30.5 Å².